The zero-order valence-corrected chi connectivity index (χ0v) is 13.6. The quantitative estimate of drug-likeness (QED) is 0.407. The molecule has 0 spiro atoms. The van der Waals surface area contributed by atoms with Gasteiger partial charge in [0.2, 0.25) is 0 Å². The molecule has 0 aromatic carbocycles. The van der Waals surface area contributed by atoms with Gasteiger partial charge in [0, 0.05) is 0 Å². The average Bonchev–Trinajstić information content (AvgIpc) is 2.99. The zero-order chi connectivity index (χ0) is 17.9. The Morgan fingerprint density at radius 2 is 1.79 bits per heavy atom. The summed E-state index contributed by atoms with van der Waals surface area (Å²) in [7, 11) is 0. The number of hydrogen-bond donors (Lipinski definition) is 1. The van der Waals surface area contributed by atoms with E-state index >= 15 is 0 Å². The second kappa shape index (κ2) is 7.18. The number of carbonyl (C=O) groups excluding carboxylic acids is 2. The van der Waals surface area contributed by atoms with Crippen LogP contribution in [0.15, 0.2) is 0 Å². The number of nitrogens with zero attached hydrogens (tertiary/aromatic N) is 1. The molecule has 0 saturated carbocycles. The van der Waals surface area contributed by atoms with Crippen LogP contribution in [0.1, 0.15) is 20.8 Å². The van der Waals surface area contributed by atoms with Crippen LogP contribution in [0.5, 0.6) is 0 Å². The van der Waals surface area contributed by atoms with E-state index in [1.54, 1.807) is 20.8 Å². The van der Waals surface area contributed by atoms with Crippen molar-refractivity contribution in [1.29, 1.82) is 0 Å². The largest absolute Gasteiger partial charge is 0.459 e. The van der Waals surface area contributed by atoms with E-state index in [0.717, 1.165) is 0 Å². The lowest BCUT2D eigenvalue weighted by atomic mass is 10.1. The molecule has 1 amide bonds. The third-order valence-corrected chi connectivity index (χ3v) is 3.24. The van der Waals surface area contributed by atoms with Crippen molar-refractivity contribution < 1.29 is 38.5 Å². The first kappa shape index (κ1) is 18.2. The number of alkyl carbamates (subject to hydrolysis) is 1. The fourth-order valence-corrected chi connectivity index (χ4v) is 2.43. The Morgan fingerprint density at radius 3 is 2.38 bits per heavy atom. The van der Waals surface area contributed by atoms with Gasteiger partial charge in [0.1, 0.15) is 24.4 Å². The Bertz CT molecular complexity index is 504. The molecule has 2 saturated heterocycles. The van der Waals surface area contributed by atoms with Gasteiger partial charge in [0.25, 0.3) is 5.09 Å². The van der Waals surface area contributed by atoms with Crippen molar-refractivity contribution in [3.05, 3.63) is 10.1 Å². The van der Waals surface area contributed by atoms with Crippen LogP contribution in [-0.4, -0.2) is 66.9 Å². The average molecular weight is 348 g/mol. The van der Waals surface area contributed by atoms with E-state index in [9.17, 15) is 19.7 Å². The van der Waals surface area contributed by atoms with Crippen molar-refractivity contribution in [1.82, 2.24) is 5.32 Å². The predicted octanol–water partition coefficient (Wildman–Crippen LogP) is -0.203. The highest BCUT2D eigenvalue weighted by molar-refractivity contribution is 5.78. The molecular formula is C13H20N2O9. The number of nitrogens with one attached hydrogen (secondary N) is 1. The molecule has 0 aliphatic carbocycles. The Labute approximate surface area is 137 Å². The molecule has 1 N–H and O–H groups in total. The molecule has 11 heteroatoms. The van der Waals surface area contributed by atoms with Gasteiger partial charge in [-0.25, -0.2) is 4.79 Å². The summed E-state index contributed by atoms with van der Waals surface area (Å²) in [6.45, 7) is 4.77. The van der Waals surface area contributed by atoms with Crippen LogP contribution in [0.4, 0.5) is 4.79 Å². The molecule has 2 heterocycles. The van der Waals surface area contributed by atoms with Crippen molar-refractivity contribution in [2.45, 2.75) is 50.8 Å². The molecule has 2 fully saturated rings. The standard InChI is InChI=1S/C13H20N2O9/c1-13(2,3)23-9(16)4-14-12(17)22-7-5-20-11-8(24-15(18)19)6-21-10(7)11/h7-8,10-11H,4-6H2,1-3H3,(H,14,17)/t7-,8?,10-,11-/m1/s1. The summed E-state index contributed by atoms with van der Waals surface area (Å²) in [5, 5.41) is 11.7. The van der Waals surface area contributed by atoms with Crippen molar-refractivity contribution >= 4 is 12.1 Å². The van der Waals surface area contributed by atoms with E-state index in [0.29, 0.717) is 0 Å². The lowest BCUT2D eigenvalue weighted by Gasteiger charge is -2.20. The first-order valence-electron chi connectivity index (χ1n) is 7.36. The van der Waals surface area contributed by atoms with E-state index in [2.05, 4.69) is 10.2 Å². The number of amides is 1. The van der Waals surface area contributed by atoms with Crippen LogP contribution >= 0.6 is 0 Å². The zero-order valence-electron chi connectivity index (χ0n) is 13.6. The first-order chi connectivity index (χ1) is 11.2. The SMILES string of the molecule is CC(C)(C)OC(=O)CNC(=O)O[C@@H]1CO[C@@H]2C(O[N+](=O)[O-])CO[C@@H]21. The van der Waals surface area contributed by atoms with E-state index in [-0.39, 0.29) is 19.8 Å². The van der Waals surface area contributed by atoms with E-state index in [4.69, 9.17) is 18.9 Å². The van der Waals surface area contributed by atoms with Gasteiger partial charge in [0.15, 0.2) is 12.2 Å². The smallest absolute Gasteiger partial charge is 0.408 e. The minimum Gasteiger partial charge on any atom is -0.459 e. The fraction of sp³-hybridized carbons (Fsp3) is 0.846. The van der Waals surface area contributed by atoms with Gasteiger partial charge in [-0.15, -0.1) is 10.1 Å². The number of esters is 1. The molecular weight excluding hydrogens is 328 g/mol. The fourth-order valence-electron chi connectivity index (χ4n) is 2.43. The van der Waals surface area contributed by atoms with Gasteiger partial charge in [-0.05, 0) is 20.8 Å². The number of carbonyl (C=O) groups is 2. The molecule has 0 bridgehead atoms. The molecule has 24 heavy (non-hydrogen) atoms. The van der Waals surface area contributed by atoms with Gasteiger partial charge in [0.05, 0.1) is 13.2 Å². The second-order valence-electron chi connectivity index (χ2n) is 6.35. The highest BCUT2D eigenvalue weighted by Crippen LogP contribution is 2.30. The summed E-state index contributed by atoms with van der Waals surface area (Å²) in [5.41, 5.74) is -0.654. The van der Waals surface area contributed by atoms with Gasteiger partial charge < -0.3 is 29.1 Å². The van der Waals surface area contributed by atoms with Gasteiger partial charge in [-0.2, -0.15) is 0 Å². The lowest BCUT2D eigenvalue weighted by Crippen LogP contribution is -2.40. The summed E-state index contributed by atoms with van der Waals surface area (Å²) in [5.74, 6) is -0.600. The van der Waals surface area contributed by atoms with Crippen LogP contribution in [-0.2, 0) is 28.6 Å². The lowest BCUT2D eigenvalue weighted by molar-refractivity contribution is -0.769. The Morgan fingerprint density at radius 1 is 1.21 bits per heavy atom. The monoisotopic (exact) mass is 348 g/mol. The van der Waals surface area contributed by atoms with Crippen molar-refractivity contribution in [2.75, 3.05) is 19.8 Å². The maximum Gasteiger partial charge on any atom is 0.408 e. The third-order valence-electron chi connectivity index (χ3n) is 3.24. The van der Waals surface area contributed by atoms with E-state index in [1.807, 2.05) is 0 Å². The molecule has 2 aliphatic heterocycles. The number of ether oxygens (including phenoxy) is 4. The van der Waals surface area contributed by atoms with Crippen molar-refractivity contribution in [3.8, 4) is 0 Å². The maximum absolute atomic E-state index is 11.7. The Balaban J connectivity index is 1.75. The molecule has 2 rings (SSSR count). The molecule has 11 nitrogen and oxygen atoms in total. The molecule has 0 aromatic heterocycles. The van der Waals surface area contributed by atoms with Crippen molar-refractivity contribution in [3.63, 3.8) is 0 Å². The topological polar surface area (TPSA) is 135 Å². The summed E-state index contributed by atoms with van der Waals surface area (Å²) in [6, 6.07) is 0. The number of fused-ring (bicyclic) bond motifs is 1. The van der Waals surface area contributed by atoms with Crippen molar-refractivity contribution in [2.24, 2.45) is 0 Å². The van der Waals surface area contributed by atoms with Crippen LogP contribution in [0.2, 0.25) is 0 Å². The minimum absolute atomic E-state index is 0.0206. The molecule has 4 atom stereocenters. The van der Waals surface area contributed by atoms with Crippen LogP contribution in [0.3, 0.4) is 0 Å². The third kappa shape index (κ3) is 4.93. The van der Waals surface area contributed by atoms with Crippen LogP contribution < -0.4 is 5.32 Å². The molecule has 0 aromatic rings. The van der Waals surface area contributed by atoms with Gasteiger partial charge in [-0.3, -0.25) is 4.79 Å². The van der Waals surface area contributed by atoms with Gasteiger partial charge >= 0.3 is 12.1 Å². The molecule has 1 unspecified atom stereocenters. The maximum atomic E-state index is 11.7. The number of rotatable bonds is 5. The van der Waals surface area contributed by atoms with Crippen LogP contribution in [0, 0.1) is 10.1 Å². The van der Waals surface area contributed by atoms with Crippen LogP contribution in [0.25, 0.3) is 0 Å². The normalized spacial score (nSPS) is 28.8. The molecule has 136 valence electrons. The highest BCUT2D eigenvalue weighted by atomic mass is 17.0. The second-order valence-corrected chi connectivity index (χ2v) is 6.35. The summed E-state index contributed by atoms with van der Waals surface area (Å²) < 4.78 is 20.9. The minimum atomic E-state index is -0.915. The first-order valence-corrected chi connectivity index (χ1v) is 7.36. The Kier molecular flexibility index (Phi) is 5.44. The summed E-state index contributed by atoms with van der Waals surface area (Å²) in [4.78, 5) is 38.1. The molecule has 2 aliphatic rings. The summed E-state index contributed by atoms with van der Waals surface area (Å²) >= 11 is 0. The van der Waals surface area contributed by atoms with Gasteiger partial charge in [-0.1, -0.05) is 0 Å². The number of hydrogen-bond acceptors (Lipinski definition) is 9. The summed E-state index contributed by atoms with van der Waals surface area (Å²) in [6.07, 6.45) is -3.77. The Hall–Kier alpha value is -2.14. The van der Waals surface area contributed by atoms with E-state index < -0.39 is 47.2 Å². The van der Waals surface area contributed by atoms with E-state index in [1.165, 1.54) is 0 Å². The predicted molar refractivity (Wildman–Crippen MR) is 75.5 cm³/mol. The molecule has 0 radical (unpaired) electrons. The highest BCUT2D eigenvalue weighted by Gasteiger charge is 2.51.